The molecule has 16 heavy (non-hydrogen) atoms. The van der Waals surface area contributed by atoms with Crippen LogP contribution in [0.1, 0.15) is 17.2 Å². The summed E-state index contributed by atoms with van der Waals surface area (Å²) in [6.07, 6.45) is 0.446. The number of thiophene rings is 1. The van der Waals surface area contributed by atoms with Gasteiger partial charge in [0.25, 0.3) is 0 Å². The first-order valence-corrected chi connectivity index (χ1v) is 5.83. The van der Waals surface area contributed by atoms with Gasteiger partial charge in [-0.15, -0.1) is 0 Å². The maximum Gasteiger partial charge on any atom is 0.130 e. The average Bonchev–Trinajstić information content (AvgIpc) is 2.70. The van der Waals surface area contributed by atoms with Gasteiger partial charge in [0.1, 0.15) is 11.6 Å². The van der Waals surface area contributed by atoms with E-state index in [1.54, 1.807) is 11.3 Å². The van der Waals surface area contributed by atoms with Gasteiger partial charge in [-0.25, -0.2) is 8.78 Å². The summed E-state index contributed by atoms with van der Waals surface area (Å²) in [7, 11) is 0. The summed E-state index contributed by atoms with van der Waals surface area (Å²) in [6, 6.07) is 5.06. The molecule has 0 saturated carbocycles. The van der Waals surface area contributed by atoms with Crippen LogP contribution in [0.4, 0.5) is 8.78 Å². The molecule has 1 aromatic heterocycles. The molecule has 0 amide bonds. The highest BCUT2D eigenvalue weighted by Crippen LogP contribution is 2.22. The van der Waals surface area contributed by atoms with Gasteiger partial charge in [-0.2, -0.15) is 11.3 Å². The molecule has 1 aromatic carbocycles. The molecule has 0 spiro atoms. The van der Waals surface area contributed by atoms with E-state index in [4.69, 9.17) is 5.73 Å². The van der Waals surface area contributed by atoms with Crippen LogP contribution in [-0.2, 0) is 6.42 Å². The largest absolute Gasteiger partial charge is 0.323 e. The van der Waals surface area contributed by atoms with E-state index in [1.165, 1.54) is 18.2 Å². The van der Waals surface area contributed by atoms with Gasteiger partial charge in [-0.3, -0.25) is 0 Å². The first-order chi connectivity index (χ1) is 7.68. The van der Waals surface area contributed by atoms with Crippen LogP contribution in [0.25, 0.3) is 0 Å². The Morgan fingerprint density at radius 1 is 1.19 bits per heavy atom. The number of rotatable bonds is 3. The Balaban J connectivity index is 2.24. The predicted octanol–water partition coefficient (Wildman–Crippen LogP) is 3.27. The summed E-state index contributed by atoms with van der Waals surface area (Å²) in [5.41, 5.74) is 6.78. The van der Waals surface area contributed by atoms with E-state index in [1.807, 2.05) is 16.8 Å². The molecule has 2 N–H and O–H groups in total. The van der Waals surface area contributed by atoms with Crippen LogP contribution in [0, 0.1) is 11.6 Å². The molecule has 0 aliphatic heterocycles. The van der Waals surface area contributed by atoms with Crippen LogP contribution in [0.15, 0.2) is 35.0 Å². The zero-order chi connectivity index (χ0) is 11.5. The van der Waals surface area contributed by atoms with Crippen LogP contribution >= 0.6 is 11.3 Å². The smallest absolute Gasteiger partial charge is 0.130 e. The van der Waals surface area contributed by atoms with E-state index in [-0.39, 0.29) is 5.56 Å². The Bertz CT molecular complexity index is 448. The SMILES string of the molecule is NC(Cc1ccsc1)c1c(F)cccc1F. The molecule has 0 fully saturated rings. The van der Waals surface area contributed by atoms with Gasteiger partial charge < -0.3 is 5.73 Å². The van der Waals surface area contributed by atoms with Crippen molar-refractivity contribution < 1.29 is 8.78 Å². The Hall–Kier alpha value is -1.26. The number of hydrogen-bond acceptors (Lipinski definition) is 2. The van der Waals surface area contributed by atoms with Crippen molar-refractivity contribution in [2.75, 3.05) is 0 Å². The minimum absolute atomic E-state index is 0.0336. The number of benzene rings is 1. The number of halogens is 2. The van der Waals surface area contributed by atoms with Gasteiger partial charge in [0.15, 0.2) is 0 Å². The molecule has 1 unspecified atom stereocenters. The van der Waals surface area contributed by atoms with Crippen molar-refractivity contribution in [1.29, 1.82) is 0 Å². The monoisotopic (exact) mass is 239 g/mol. The quantitative estimate of drug-likeness (QED) is 0.874. The van der Waals surface area contributed by atoms with E-state index in [9.17, 15) is 8.78 Å². The Labute approximate surface area is 96.5 Å². The molecular formula is C12H11F2NS. The first kappa shape index (κ1) is 11.2. The van der Waals surface area contributed by atoms with E-state index >= 15 is 0 Å². The van der Waals surface area contributed by atoms with Crippen molar-refractivity contribution in [3.8, 4) is 0 Å². The fraction of sp³-hybridized carbons (Fsp3) is 0.167. The fourth-order valence-electron chi connectivity index (χ4n) is 1.63. The highest BCUT2D eigenvalue weighted by atomic mass is 32.1. The van der Waals surface area contributed by atoms with Gasteiger partial charge >= 0.3 is 0 Å². The maximum atomic E-state index is 13.4. The zero-order valence-corrected chi connectivity index (χ0v) is 9.31. The molecule has 0 radical (unpaired) electrons. The molecule has 4 heteroatoms. The van der Waals surface area contributed by atoms with Crippen molar-refractivity contribution >= 4 is 11.3 Å². The van der Waals surface area contributed by atoms with Crippen molar-refractivity contribution in [2.45, 2.75) is 12.5 Å². The zero-order valence-electron chi connectivity index (χ0n) is 8.49. The highest BCUT2D eigenvalue weighted by molar-refractivity contribution is 7.07. The molecule has 1 atom stereocenters. The van der Waals surface area contributed by atoms with Crippen molar-refractivity contribution in [3.05, 3.63) is 57.8 Å². The lowest BCUT2D eigenvalue weighted by Crippen LogP contribution is -2.16. The predicted molar refractivity (Wildman–Crippen MR) is 61.3 cm³/mol. The van der Waals surface area contributed by atoms with Gasteiger partial charge in [-0.05, 0) is 40.9 Å². The van der Waals surface area contributed by atoms with Crippen LogP contribution in [0.5, 0.6) is 0 Å². The van der Waals surface area contributed by atoms with Gasteiger partial charge in [0.05, 0.1) is 0 Å². The fourth-order valence-corrected chi connectivity index (χ4v) is 2.31. The standard InChI is InChI=1S/C12H11F2NS/c13-9-2-1-3-10(14)12(9)11(15)6-8-4-5-16-7-8/h1-5,7,11H,6,15H2. The molecule has 2 aromatic rings. The van der Waals surface area contributed by atoms with Gasteiger partial charge in [0, 0.05) is 11.6 Å². The van der Waals surface area contributed by atoms with Crippen molar-refractivity contribution in [2.24, 2.45) is 5.73 Å². The summed E-state index contributed by atoms with van der Waals surface area (Å²) in [6.45, 7) is 0. The molecular weight excluding hydrogens is 228 g/mol. The summed E-state index contributed by atoms with van der Waals surface area (Å²) in [5.74, 6) is -1.16. The molecule has 2 rings (SSSR count). The third kappa shape index (κ3) is 2.28. The minimum atomic E-state index is -0.643. The second-order valence-electron chi connectivity index (χ2n) is 3.58. The summed E-state index contributed by atoms with van der Waals surface area (Å²) in [4.78, 5) is 0. The summed E-state index contributed by atoms with van der Waals surface area (Å²) in [5, 5.41) is 3.85. The molecule has 0 saturated heterocycles. The topological polar surface area (TPSA) is 26.0 Å². The van der Waals surface area contributed by atoms with E-state index in [2.05, 4.69) is 0 Å². The lowest BCUT2D eigenvalue weighted by atomic mass is 10.0. The molecule has 0 bridgehead atoms. The first-order valence-electron chi connectivity index (χ1n) is 4.89. The minimum Gasteiger partial charge on any atom is -0.323 e. The van der Waals surface area contributed by atoms with E-state index < -0.39 is 17.7 Å². The van der Waals surface area contributed by atoms with Crippen LogP contribution < -0.4 is 5.73 Å². The maximum absolute atomic E-state index is 13.4. The van der Waals surface area contributed by atoms with E-state index in [0.717, 1.165) is 5.56 Å². The van der Waals surface area contributed by atoms with Gasteiger partial charge in [0.2, 0.25) is 0 Å². The number of nitrogens with two attached hydrogens (primary N) is 1. The third-order valence-corrected chi connectivity index (χ3v) is 3.14. The van der Waals surface area contributed by atoms with Crippen LogP contribution in [0.2, 0.25) is 0 Å². The molecule has 1 nitrogen and oxygen atoms in total. The van der Waals surface area contributed by atoms with Crippen molar-refractivity contribution in [3.63, 3.8) is 0 Å². The molecule has 0 aliphatic carbocycles. The molecule has 1 heterocycles. The molecule has 0 aliphatic rings. The Morgan fingerprint density at radius 3 is 2.44 bits per heavy atom. The Morgan fingerprint density at radius 2 is 1.88 bits per heavy atom. The van der Waals surface area contributed by atoms with Crippen molar-refractivity contribution in [1.82, 2.24) is 0 Å². The van der Waals surface area contributed by atoms with Crippen LogP contribution in [-0.4, -0.2) is 0 Å². The summed E-state index contributed by atoms with van der Waals surface area (Å²) >= 11 is 1.54. The lowest BCUT2D eigenvalue weighted by Gasteiger charge is -2.12. The van der Waals surface area contributed by atoms with Crippen LogP contribution in [0.3, 0.4) is 0 Å². The average molecular weight is 239 g/mol. The second-order valence-corrected chi connectivity index (χ2v) is 4.36. The normalized spacial score (nSPS) is 12.7. The highest BCUT2D eigenvalue weighted by Gasteiger charge is 2.16. The molecule has 84 valence electrons. The second kappa shape index (κ2) is 4.72. The van der Waals surface area contributed by atoms with E-state index in [0.29, 0.717) is 6.42 Å². The van der Waals surface area contributed by atoms with Gasteiger partial charge in [-0.1, -0.05) is 6.07 Å². The number of hydrogen-bond donors (Lipinski definition) is 1. The lowest BCUT2D eigenvalue weighted by molar-refractivity contribution is 0.525. The third-order valence-electron chi connectivity index (χ3n) is 2.41. The summed E-state index contributed by atoms with van der Waals surface area (Å²) < 4.78 is 26.8. The Kier molecular flexibility index (Phi) is 3.31.